The van der Waals surface area contributed by atoms with Crippen molar-refractivity contribution in [3.63, 3.8) is 0 Å². The van der Waals surface area contributed by atoms with Crippen LogP contribution in [0.25, 0.3) is 0 Å². The van der Waals surface area contributed by atoms with Crippen molar-refractivity contribution < 1.29 is 14.3 Å². The molecule has 0 bridgehead atoms. The van der Waals surface area contributed by atoms with E-state index in [1.54, 1.807) is 4.90 Å². The van der Waals surface area contributed by atoms with Crippen LogP contribution < -0.4 is 4.74 Å². The zero-order valence-corrected chi connectivity index (χ0v) is 12.0. The van der Waals surface area contributed by atoms with Crippen LogP contribution in [0.15, 0.2) is 12.4 Å². The van der Waals surface area contributed by atoms with Crippen molar-refractivity contribution in [2.45, 2.75) is 25.9 Å². The largest absolute Gasteiger partial charge is 0.470 e. The van der Waals surface area contributed by atoms with Gasteiger partial charge in [-0.1, -0.05) is 0 Å². The van der Waals surface area contributed by atoms with E-state index in [-0.39, 0.29) is 30.2 Å². The number of hydrogen-bond donors (Lipinski definition) is 0. The molecule has 0 unspecified atom stereocenters. The monoisotopic (exact) mass is 290 g/mol. The summed E-state index contributed by atoms with van der Waals surface area (Å²) in [6, 6.07) is 1.95. The number of amides is 1. The maximum absolute atomic E-state index is 11.9. The van der Waals surface area contributed by atoms with Crippen LogP contribution in [0.5, 0.6) is 5.88 Å². The molecule has 2 heterocycles. The molecule has 2 rings (SSSR count). The number of hydrogen-bond acceptors (Lipinski definition) is 6. The number of rotatable bonds is 5. The number of ether oxygens (including phenoxy) is 2. The lowest BCUT2D eigenvalue weighted by atomic mass is 10.1. The molecule has 0 aromatic carbocycles. The molecule has 1 aromatic rings. The number of aromatic nitrogens is 2. The van der Waals surface area contributed by atoms with E-state index in [4.69, 9.17) is 14.7 Å². The highest BCUT2D eigenvalue weighted by Gasteiger charge is 2.25. The number of likely N-dealkylation sites (tertiary alicyclic amines) is 1. The SMILES string of the molecule is CCOCC(=O)N1CCC[C@@H](Oc2nccnc2C#N)C1. The Kier molecular flexibility index (Phi) is 5.46. The zero-order chi connectivity index (χ0) is 15.1. The Balaban J connectivity index is 1.95. The van der Waals surface area contributed by atoms with Crippen molar-refractivity contribution in [2.24, 2.45) is 0 Å². The van der Waals surface area contributed by atoms with Crippen molar-refractivity contribution in [1.82, 2.24) is 14.9 Å². The molecule has 1 fully saturated rings. The third-order valence-electron chi connectivity index (χ3n) is 3.21. The lowest BCUT2D eigenvalue weighted by Crippen LogP contribution is -2.45. The summed E-state index contributed by atoms with van der Waals surface area (Å²) in [7, 11) is 0. The van der Waals surface area contributed by atoms with Crippen molar-refractivity contribution in [1.29, 1.82) is 5.26 Å². The molecule has 0 N–H and O–H groups in total. The number of nitrogens with zero attached hydrogens (tertiary/aromatic N) is 4. The van der Waals surface area contributed by atoms with Gasteiger partial charge in [-0.3, -0.25) is 4.79 Å². The number of carbonyl (C=O) groups is 1. The van der Waals surface area contributed by atoms with Gasteiger partial charge in [-0.05, 0) is 19.8 Å². The molecule has 0 radical (unpaired) electrons. The van der Waals surface area contributed by atoms with Gasteiger partial charge < -0.3 is 14.4 Å². The Morgan fingerprint density at radius 1 is 1.52 bits per heavy atom. The Morgan fingerprint density at radius 3 is 3.10 bits per heavy atom. The first kappa shape index (κ1) is 15.2. The highest BCUT2D eigenvalue weighted by atomic mass is 16.5. The molecule has 0 aliphatic carbocycles. The summed E-state index contributed by atoms with van der Waals surface area (Å²) in [5, 5.41) is 8.97. The van der Waals surface area contributed by atoms with E-state index in [2.05, 4.69) is 9.97 Å². The van der Waals surface area contributed by atoms with E-state index >= 15 is 0 Å². The normalized spacial score (nSPS) is 18.1. The Labute approximate surface area is 123 Å². The Morgan fingerprint density at radius 2 is 2.33 bits per heavy atom. The predicted molar refractivity (Wildman–Crippen MR) is 73.5 cm³/mol. The molecule has 0 spiro atoms. The number of carbonyl (C=O) groups excluding carboxylic acids is 1. The lowest BCUT2D eigenvalue weighted by Gasteiger charge is -2.32. The molecule has 21 heavy (non-hydrogen) atoms. The first-order chi connectivity index (χ1) is 10.2. The van der Waals surface area contributed by atoms with Crippen LogP contribution in [-0.4, -0.2) is 53.2 Å². The first-order valence-corrected chi connectivity index (χ1v) is 6.98. The van der Waals surface area contributed by atoms with E-state index in [0.29, 0.717) is 19.7 Å². The third-order valence-corrected chi connectivity index (χ3v) is 3.21. The average molecular weight is 290 g/mol. The average Bonchev–Trinajstić information content (AvgIpc) is 2.53. The zero-order valence-electron chi connectivity index (χ0n) is 12.0. The maximum atomic E-state index is 11.9. The molecule has 7 nitrogen and oxygen atoms in total. The van der Waals surface area contributed by atoms with Gasteiger partial charge in [0.1, 0.15) is 18.8 Å². The summed E-state index contributed by atoms with van der Waals surface area (Å²) in [4.78, 5) is 21.6. The predicted octanol–water partition coefficient (Wildman–Crippen LogP) is 0.755. The molecular weight excluding hydrogens is 272 g/mol. The van der Waals surface area contributed by atoms with Crippen LogP contribution in [0.3, 0.4) is 0 Å². The third kappa shape index (κ3) is 4.13. The molecular formula is C14H18N4O3. The van der Waals surface area contributed by atoms with Gasteiger partial charge in [0, 0.05) is 25.5 Å². The van der Waals surface area contributed by atoms with Crippen LogP contribution in [0, 0.1) is 11.3 Å². The van der Waals surface area contributed by atoms with E-state index in [0.717, 1.165) is 12.8 Å². The quantitative estimate of drug-likeness (QED) is 0.795. The summed E-state index contributed by atoms with van der Waals surface area (Å²) in [6.07, 6.45) is 4.43. The minimum absolute atomic E-state index is 0.0372. The Bertz CT molecular complexity index is 529. The summed E-state index contributed by atoms with van der Waals surface area (Å²) in [5.74, 6) is 0.189. The van der Waals surface area contributed by atoms with E-state index in [1.165, 1.54) is 12.4 Å². The van der Waals surface area contributed by atoms with E-state index < -0.39 is 0 Å². The molecule has 1 aromatic heterocycles. The second-order valence-corrected chi connectivity index (χ2v) is 4.68. The van der Waals surface area contributed by atoms with Gasteiger partial charge in [0.2, 0.25) is 11.6 Å². The van der Waals surface area contributed by atoms with Crippen LogP contribution in [0.2, 0.25) is 0 Å². The summed E-state index contributed by atoms with van der Waals surface area (Å²) in [5.41, 5.74) is 0.162. The Hall–Kier alpha value is -2.20. The number of nitriles is 1. The van der Waals surface area contributed by atoms with Crippen LogP contribution in [0.4, 0.5) is 0 Å². The summed E-state index contributed by atoms with van der Waals surface area (Å²) >= 11 is 0. The second kappa shape index (κ2) is 7.55. The smallest absolute Gasteiger partial charge is 0.251 e. The van der Waals surface area contributed by atoms with Crippen LogP contribution in [0.1, 0.15) is 25.5 Å². The molecule has 1 amide bonds. The highest BCUT2D eigenvalue weighted by molar-refractivity contribution is 5.77. The molecule has 1 aliphatic heterocycles. The topological polar surface area (TPSA) is 88.3 Å². The van der Waals surface area contributed by atoms with Gasteiger partial charge in [0.05, 0.1) is 6.54 Å². The van der Waals surface area contributed by atoms with E-state index in [9.17, 15) is 4.79 Å². The fraction of sp³-hybridized carbons (Fsp3) is 0.571. The minimum atomic E-state index is -0.173. The molecule has 112 valence electrons. The van der Waals surface area contributed by atoms with Gasteiger partial charge in [-0.15, -0.1) is 0 Å². The first-order valence-electron chi connectivity index (χ1n) is 6.98. The highest BCUT2D eigenvalue weighted by Crippen LogP contribution is 2.18. The van der Waals surface area contributed by atoms with Crippen molar-refractivity contribution in [2.75, 3.05) is 26.3 Å². The second-order valence-electron chi connectivity index (χ2n) is 4.68. The van der Waals surface area contributed by atoms with Crippen LogP contribution >= 0.6 is 0 Å². The number of piperidine rings is 1. The molecule has 0 saturated carbocycles. The standard InChI is InChI=1S/C14H18N4O3/c1-2-20-10-13(19)18-7-3-4-11(9-18)21-14-12(8-15)16-5-6-17-14/h5-6,11H,2-4,7,9-10H2,1H3/t11-/m1/s1. The molecule has 1 atom stereocenters. The van der Waals surface area contributed by atoms with Gasteiger partial charge in [-0.2, -0.15) is 5.26 Å². The van der Waals surface area contributed by atoms with Gasteiger partial charge in [-0.25, -0.2) is 9.97 Å². The molecule has 7 heteroatoms. The van der Waals surface area contributed by atoms with Gasteiger partial charge in [0.15, 0.2) is 0 Å². The summed E-state index contributed by atoms with van der Waals surface area (Å²) < 4.78 is 10.9. The maximum Gasteiger partial charge on any atom is 0.251 e. The van der Waals surface area contributed by atoms with Crippen LogP contribution in [-0.2, 0) is 9.53 Å². The van der Waals surface area contributed by atoms with E-state index in [1.807, 2.05) is 13.0 Å². The fourth-order valence-electron chi connectivity index (χ4n) is 2.19. The summed E-state index contributed by atoms with van der Waals surface area (Å²) in [6.45, 7) is 3.65. The lowest BCUT2D eigenvalue weighted by molar-refractivity contribution is -0.138. The van der Waals surface area contributed by atoms with Gasteiger partial charge in [0.25, 0.3) is 5.88 Å². The molecule has 1 saturated heterocycles. The van der Waals surface area contributed by atoms with Crippen molar-refractivity contribution >= 4 is 5.91 Å². The van der Waals surface area contributed by atoms with Crippen molar-refractivity contribution in [3.05, 3.63) is 18.1 Å². The van der Waals surface area contributed by atoms with Crippen molar-refractivity contribution in [3.8, 4) is 11.9 Å². The van der Waals surface area contributed by atoms with Gasteiger partial charge >= 0.3 is 0 Å². The minimum Gasteiger partial charge on any atom is -0.470 e. The fourth-order valence-corrected chi connectivity index (χ4v) is 2.19. The molecule has 1 aliphatic rings.